The van der Waals surface area contributed by atoms with E-state index in [4.69, 9.17) is 0 Å². The van der Waals surface area contributed by atoms with Gasteiger partial charge in [0.1, 0.15) is 34.9 Å². The summed E-state index contributed by atoms with van der Waals surface area (Å²) >= 11 is 0. The molecular weight excluding hydrogens is 574 g/mol. The lowest BCUT2D eigenvalue weighted by molar-refractivity contribution is 0.552. The van der Waals surface area contributed by atoms with Gasteiger partial charge in [0.25, 0.3) is 0 Å². The Labute approximate surface area is 238 Å². The minimum atomic E-state index is -2.23. The third-order valence-electron chi connectivity index (χ3n) is 7.36. The molecule has 41 heavy (non-hydrogen) atoms. The zero-order valence-electron chi connectivity index (χ0n) is 22.1. The summed E-state index contributed by atoms with van der Waals surface area (Å²) < 4.78 is 86.4. The van der Waals surface area contributed by atoms with Crippen LogP contribution in [-0.4, -0.2) is 12.7 Å². The number of hydrogen-bond acceptors (Lipinski definition) is 1. The van der Waals surface area contributed by atoms with Crippen molar-refractivity contribution in [1.82, 2.24) is 5.09 Å². The number of benzene rings is 4. The molecule has 0 unspecified atom stereocenters. The highest BCUT2D eigenvalue weighted by molar-refractivity contribution is 7.73. The molecule has 1 saturated heterocycles. The third-order valence-corrected chi connectivity index (χ3v) is 13.1. The molecule has 4 aromatic rings. The summed E-state index contributed by atoms with van der Waals surface area (Å²) in [6.07, 6.45) is 3.16. The Kier molecular flexibility index (Phi) is 9.80. The molecule has 0 bridgehead atoms. The monoisotopic (exact) mass is 603 g/mol. The highest BCUT2D eigenvalue weighted by Gasteiger charge is 2.37. The van der Waals surface area contributed by atoms with Crippen LogP contribution in [0.25, 0.3) is 0 Å². The van der Waals surface area contributed by atoms with Gasteiger partial charge in [-0.1, -0.05) is 60.7 Å². The molecule has 1 aliphatic heterocycles. The fourth-order valence-electron chi connectivity index (χ4n) is 5.56. The van der Waals surface area contributed by atoms with E-state index in [2.05, 4.69) is 29.4 Å². The Hall–Kier alpha value is -2.72. The van der Waals surface area contributed by atoms with Gasteiger partial charge in [0.2, 0.25) is 0 Å². The van der Waals surface area contributed by atoms with Gasteiger partial charge in [-0.3, -0.25) is 5.09 Å². The second-order valence-electron chi connectivity index (χ2n) is 10.0. The van der Waals surface area contributed by atoms with Crippen molar-refractivity contribution in [2.45, 2.75) is 37.0 Å². The summed E-state index contributed by atoms with van der Waals surface area (Å²) in [5.74, 6) is -7.08. The van der Waals surface area contributed by atoms with Crippen LogP contribution < -0.4 is 15.7 Å². The smallest absolute Gasteiger partial charge is 0.137 e. The lowest BCUT2D eigenvalue weighted by Gasteiger charge is -2.28. The molecule has 1 heterocycles. The maximum atomic E-state index is 14.8. The van der Waals surface area contributed by atoms with Gasteiger partial charge < -0.3 is 0 Å². The summed E-state index contributed by atoms with van der Waals surface area (Å²) in [5, 5.41) is 2.64. The zero-order valence-corrected chi connectivity index (χ0v) is 23.9. The van der Waals surface area contributed by atoms with Crippen LogP contribution in [0.4, 0.5) is 26.3 Å². The molecule has 1 nitrogen and oxygen atoms in total. The third kappa shape index (κ3) is 6.85. The summed E-state index contributed by atoms with van der Waals surface area (Å²) in [4.78, 5) is 0. The molecule has 0 aromatic heterocycles. The first-order valence-electron chi connectivity index (χ1n) is 13.5. The van der Waals surface area contributed by atoms with Crippen LogP contribution in [0.3, 0.4) is 0 Å². The standard InChI is InChI=1S/C32H29F6NP2/c33-23-17-25(35)31(26(36)18-23)40(32-27(37)19-24(34)20-28(32)38)16-8-7-15-39-41-29(21-9-3-1-4-10-21)13-14-30(41)22-11-5-2-6-12-22/h1-6,9-12,17-20,29-30,39H,7-8,13-16H2/t29-,30-/m0/s1. The molecule has 9 heteroatoms. The van der Waals surface area contributed by atoms with Gasteiger partial charge >= 0.3 is 0 Å². The van der Waals surface area contributed by atoms with Crippen molar-refractivity contribution < 1.29 is 26.3 Å². The van der Waals surface area contributed by atoms with Gasteiger partial charge in [-0.25, -0.2) is 26.3 Å². The van der Waals surface area contributed by atoms with Crippen molar-refractivity contribution in [2.24, 2.45) is 0 Å². The van der Waals surface area contributed by atoms with Crippen LogP contribution in [-0.2, 0) is 0 Å². The number of hydrogen-bond donors (Lipinski definition) is 1. The molecule has 0 radical (unpaired) electrons. The van der Waals surface area contributed by atoms with Crippen molar-refractivity contribution in [3.8, 4) is 0 Å². The Morgan fingerprint density at radius 1 is 0.610 bits per heavy atom. The summed E-state index contributed by atoms with van der Waals surface area (Å²) in [7, 11) is -2.87. The summed E-state index contributed by atoms with van der Waals surface area (Å²) in [6, 6.07) is 22.8. The largest absolute Gasteiger partial charge is 0.295 e. The van der Waals surface area contributed by atoms with Crippen molar-refractivity contribution >= 4 is 26.6 Å². The fraction of sp³-hybridized carbons (Fsp3) is 0.250. The summed E-state index contributed by atoms with van der Waals surface area (Å²) in [5.41, 5.74) is 3.33. The first-order chi connectivity index (χ1) is 19.8. The molecule has 2 atom stereocenters. The Morgan fingerprint density at radius 3 is 1.44 bits per heavy atom. The molecule has 1 N–H and O–H groups in total. The van der Waals surface area contributed by atoms with Gasteiger partial charge in [-0.2, -0.15) is 0 Å². The average molecular weight is 604 g/mol. The van der Waals surface area contributed by atoms with Crippen molar-refractivity contribution in [1.29, 1.82) is 0 Å². The van der Waals surface area contributed by atoms with Crippen LogP contribution in [0.2, 0.25) is 0 Å². The molecule has 0 amide bonds. The van der Waals surface area contributed by atoms with E-state index < -0.39 is 61.5 Å². The van der Waals surface area contributed by atoms with E-state index in [1.54, 1.807) is 0 Å². The van der Waals surface area contributed by atoms with E-state index >= 15 is 0 Å². The maximum Gasteiger partial charge on any atom is 0.137 e. The SMILES string of the molecule is Fc1cc(F)c(P(CCCCNP2[C@H](c3ccccc3)CC[C@H]2c2ccccc2)c2c(F)cc(F)cc2F)c(F)c1. The molecular formula is C32H29F6NP2. The number of nitrogens with one attached hydrogen (secondary N) is 1. The first-order valence-corrected chi connectivity index (χ1v) is 16.5. The minimum absolute atomic E-state index is 0.0537. The quantitative estimate of drug-likeness (QED) is 0.108. The highest BCUT2D eigenvalue weighted by Crippen LogP contribution is 2.67. The van der Waals surface area contributed by atoms with Gasteiger partial charge in [-0.05, 0) is 65.5 Å². The van der Waals surface area contributed by atoms with Gasteiger partial charge in [0.05, 0.1) is 10.6 Å². The Morgan fingerprint density at radius 2 is 1.02 bits per heavy atom. The molecule has 214 valence electrons. The Bertz CT molecular complexity index is 1320. The molecule has 1 fully saturated rings. The van der Waals surface area contributed by atoms with E-state index in [0.29, 0.717) is 55.0 Å². The zero-order chi connectivity index (χ0) is 28.9. The Balaban J connectivity index is 1.32. The number of unbranched alkanes of at least 4 members (excludes halogenated alkanes) is 1. The van der Waals surface area contributed by atoms with Gasteiger partial charge in [0.15, 0.2) is 0 Å². The van der Waals surface area contributed by atoms with Crippen molar-refractivity contribution in [3.63, 3.8) is 0 Å². The molecule has 0 spiro atoms. The topological polar surface area (TPSA) is 12.0 Å². The van der Waals surface area contributed by atoms with Crippen LogP contribution in [0, 0.1) is 34.9 Å². The normalized spacial score (nSPS) is 17.4. The second kappa shape index (κ2) is 13.5. The first kappa shape index (κ1) is 29.8. The van der Waals surface area contributed by atoms with Crippen LogP contribution >= 0.6 is 16.0 Å². The molecule has 0 saturated carbocycles. The van der Waals surface area contributed by atoms with Gasteiger partial charge in [-0.15, -0.1) is 0 Å². The lowest BCUT2D eigenvalue weighted by atomic mass is 10.0. The average Bonchev–Trinajstić information content (AvgIpc) is 3.36. The van der Waals surface area contributed by atoms with Crippen LogP contribution in [0.5, 0.6) is 0 Å². The highest BCUT2D eigenvalue weighted by atomic mass is 31.1. The van der Waals surface area contributed by atoms with Crippen molar-refractivity contribution in [2.75, 3.05) is 12.7 Å². The predicted octanol–water partition coefficient (Wildman–Crippen LogP) is 9.00. The van der Waals surface area contributed by atoms with Crippen molar-refractivity contribution in [3.05, 3.63) is 131 Å². The van der Waals surface area contributed by atoms with E-state index in [1.807, 2.05) is 36.4 Å². The predicted molar refractivity (Wildman–Crippen MR) is 155 cm³/mol. The van der Waals surface area contributed by atoms with E-state index in [9.17, 15) is 26.3 Å². The molecule has 0 aliphatic carbocycles. The maximum absolute atomic E-state index is 14.8. The van der Waals surface area contributed by atoms with E-state index in [0.717, 1.165) is 12.8 Å². The minimum Gasteiger partial charge on any atom is -0.295 e. The molecule has 5 rings (SSSR count). The number of rotatable bonds is 10. The lowest BCUT2D eigenvalue weighted by Crippen LogP contribution is -2.26. The van der Waals surface area contributed by atoms with Crippen LogP contribution in [0.15, 0.2) is 84.9 Å². The molecule has 1 aliphatic rings. The fourth-order valence-corrected chi connectivity index (χ4v) is 11.2. The molecule has 4 aromatic carbocycles. The van der Waals surface area contributed by atoms with Crippen LogP contribution in [0.1, 0.15) is 48.1 Å². The van der Waals surface area contributed by atoms with E-state index in [1.165, 1.54) is 11.1 Å². The second-order valence-corrected chi connectivity index (χ2v) is 14.6. The number of halogens is 6. The van der Waals surface area contributed by atoms with E-state index in [-0.39, 0.29) is 6.16 Å². The summed E-state index contributed by atoms with van der Waals surface area (Å²) in [6.45, 7) is 0.615. The van der Waals surface area contributed by atoms with Gasteiger partial charge in [0, 0.05) is 35.6 Å².